The van der Waals surface area contributed by atoms with Crippen LogP contribution in [0.2, 0.25) is 0 Å². The highest BCUT2D eigenvalue weighted by Crippen LogP contribution is 2.20. The molecule has 0 radical (unpaired) electrons. The summed E-state index contributed by atoms with van der Waals surface area (Å²) in [7, 11) is 0. The molecule has 0 spiro atoms. The summed E-state index contributed by atoms with van der Waals surface area (Å²) in [6.07, 6.45) is 88.3. The average Bonchev–Trinajstić information content (AvgIpc) is 3.49. The summed E-state index contributed by atoms with van der Waals surface area (Å²) in [6, 6.07) is 0. The molecule has 0 aromatic heterocycles. The summed E-state index contributed by atoms with van der Waals surface area (Å²) in [5.41, 5.74) is 0. The highest BCUT2D eigenvalue weighted by Gasteiger charge is 2.20. The fraction of sp³-hybridized carbons (Fsp3) is 0.935. The summed E-state index contributed by atoms with van der Waals surface area (Å²) in [5, 5.41) is 0. The lowest BCUT2D eigenvalue weighted by Gasteiger charge is -2.18. The Morgan fingerprint density at radius 2 is 0.398 bits per heavy atom. The van der Waals surface area contributed by atoms with Gasteiger partial charge in [-0.3, -0.25) is 14.4 Å². The van der Waals surface area contributed by atoms with Crippen molar-refractivity contribution in [3.05, 3.63) is 12.2 Å². The molecule has 0 saturated carbocycles. The van der Waals surface area contributed by atoms with Gasteiger partial charge in [-0.05, 0) is 44.9 Å². The molecule has 492 valence electrons. The van der Waals surface area contributed by atoms with Crippen LogP contribution in [0.3, 0.4) is 0 Å². The highest BCUT2D eigenvalue weighted by atomic mass is 16.6. The number of carbonyl (C=O) groups excluding carboxylic acids is 3. The van der Waals surface area contributed by atoms with Gasteiger partial charge in [0, 0.05) is 19.3 Å². The Labute approximate surface area is 520 Å². The first-order chi connectivity index (χ1) is 41.0. The van der Waals surface area contributed by atoms with E-state index in [1.807, 2.05) is 0 Å². The Bertz CT molecular complexity index is 1300. The summed E-state index contributed by atoms with van der Waals surface area (Å²) in [4.78, 5) is 38.6. The van der Waals surface area contributed by atoms with Gasteiger partial charge in [-0.1, -0.05) is 392 Å². The number of allylic oxidation sites excluding steroid dienone is 2. The van der Waals surface area contributed by atoms with Crippen molar-refractivity contribution < 1.29 is 28.6 Å². The van der Waals surface area contributed by atoms with Crippen LogP contribution in [-0.4, -0.2) is 37.2 Å². The molecule has 0 aromatic carbocycles. The zero-order valence-corrected chi connectivity index (χ0v) is 56.8. The number of esters is 3. The van der Waals surface area contributed by atoms with E-state index in [-0.39, 0.29) is 31.1 Å². The van der Waals surface area contributed by atoms with Gasteiger partial charge >= 0.3 is 17.9 Å². The fourth-order valence-corrected chi connectivity index (χ4v) is 12.0. The van der Waals surface area contributed by atoms with Crippen molar-refractivity contribution >= 4 is 17.9 Å². The van der Waals surface area contributed by atoms with Crippen LogP contribution >= 0.6 is 0 Å². The van der Waals surface area contributed by atoms with Gasteiger partial charge in [0.05, 0.1) is 0 Å². The Balaban J connectivity index is 4.26. The van der Waals surface area contributed by atoms with Crippen LogP contribution in [0.1, 0.15) is 445 Å². The second-order valence-corrected chi connectivity index (χ2v) is 26.3. The zero-order valence-electron chi connectivity index (χ0n) is 56.8. The van der Waals surface area contributed by atoms with Crippen molar-refractivity contribution in [1.82, 2.24) is 0 Å². The minimum atomic E-state index is -0.769. The molecule has 0 aliphatic carbocycles. The van der Waals surface area contributed by atoms with Crippen LogP contribution in [0.4, 0.5) is 0 Å². The van der Waals surface area contributed by atoms with Gasteiger partial charge in [0.2, 0.25) is 0 Å². The molecule has 0 aromatic rings. The van der Waals surface area contributed by atoms with Crippen LogP contribution in [0.25, 0.3) is 0 Å². The van der Waals surface area contributed by atoms with E-state index < -0.39 is 6.10 Å². The lowest BCUT2D eigenvalue weighted by Crippen LogP contribution is -2.30. The van der Waals surface area contributed by atoms with E-state index in [1.54, 1.807) is 0 Å². The summed E-state index contributed by atoms with van der Waals surface area (Å²) < 4.78 is 17.1. The summed E-state index contributed by atoms with van der Waals surface area (Å²) in [6.45, 7) is 6.74. The summed E-state index contributed by atoms with van der Waals surface area (Å²) >= 11 is 0. The van der Waals surface area contributed by atoms with E-state index in [1.165, 1.54) is 347 Å². The SMILES string of the molecule is CCCCCCCCC/C=C\CCCCCCCCCC(=O)OCC(COC(=O)CCCCCCCCCCCCCCCCCCCCCCCCCCC)OC(=O)CCCCCCCCCCCCCCCCCCCCCCCC. The third-order valence-corrected chi connectivity index (χ3v) is 17.8. The standard InChI is InChI=1S/C77H148O6/c1-4-7-10-13-16-19-22-25-28-31-34-36-38-39-40-42-43-46-49-52-55-58-61-64-67-70-76(79)82-73-74(72-81-75(78)69-66-63-60-57-54-51-48-45-33-30-27-24-21-18-15-12-9-6-3)83-77(80)71-68-65-62-59-56-53-50-47-44-41-37-35-32-29-26-23-20-17-14-11-8-5-2/h30,33,74H,4-29,31-32,34-73H2,1-3H3/b33-30-. The maximum atomic E-state index is 13.0. The predicted molar refractivity (Wildman–Crippen MR) is 363 cm³/mol. The van der Waals surface area contributed by atoms with E-state index in [4.69, 9.17) is 14.2 Å². The van der Waals surface area contributed by atoms with Crippen molar-refractivity contribution in [2.24, 2.45) is 0 Å². The quantitative estimate of drug-likeness (QED) is 0.0261. The van der Waals surface area contributed by atoms with E-state index in [9.17, 15) is 14.4 Å². The van der Waals surface area contributed by atoms with Gasteiger partial charge < -0.3 is 14.2 Å². The van der Waals surface area contributed by atoms with Gasteiger partial charge in [-0.2, -0.15) is 0 Å². The number of unbranched alkanes of at least 4 members (excludes halogenated alkanes) is 59. The number of ether oxygens (including phenoxy) is 3. The Hall–Kier alpha value is -1.85. The monoisotopic (exact) mass is 1170 g/mol. The minimum Gasteiger partial charge on any atom is -0.462 e. The molecular weight excluding hydrogens is 1020 g/mol. The normalized spacial score (nSPS) is 12.0. The first-order valence-corrected chi connectivity index (χ1v) is 38.2. The van der Waals surface area contributed by atoms with Crippen molar-refractivity contribution in [3.8, 4) is 0 Å². The van der Waals surface area contributed by atoms with Gasteiger partial charge in [0.1, 0.15) is 13.2 Å². The smallest absolute Gasteiger partial charge is 0.306 e. The molecule has 1 atom stereocenters. The molecule has 0 amide bonds. The molecule has 0 fully saturated rings. The molecule has 0 aliphatic heterocycles. The molecule has 6 nitrogen and oxygen atoms in total. The van der Waals surface area contributed by atoms with Crippen molar-refractivity contribution in [1.29, 1.82) is 0 Å². The maximum absolute atomic E-state index is 13.0. The predicted octanol–water partition coefficient (Wildman–Crippen LogP) is 26.3. The molecular formula is C77H148O6. The molecule has 1 unspecified atom stereocenters. The van der Waals surface area contributed by atoms with Gasteiger partial charge in [0.25, 0.3) is 0 Å². The van der Waals surface area contributed by atoms with Gasteiger partial charge in [-0.25, -0.2) is 0 Å². The molecule has 0 N–H and O–H groups in total. The Morgan fingerprint density at radius 3 is 0.602 bits per heavy atom. The molecule has 6 heteroatoms. The van der Waals surface area contributed by atoms with Crippen LogP contribution in [0.5, 0.6) is 0 Å². The lowest BCUT2D eigenvalue weighted by atomic mass is 10.0. The van der Waals surface area contributed by atoms with E-state index in [2.05, 4.69) is 32.9 Å². The second-order valence-electron chi connectivity index (χ2n) is 26.3. The lowest BCUT2D eigenvalue weighted by molar-refractivity contribution is -0.167. The summed E-state index contributed by atoms with van der Waals surface area (Å²) in [5.74, 6) is -0.827. The van der Waals surface area contributed by atoms with Crippen LogP contribution in [0.15, 0.2) is 12.2 Å². The second kappa shape index (κ2) is 72.6. The van der Waals surface area contributed by atoms with E-state index in [0.29, 0.717) is 19.3 Å². The highest BCUT2D eigenvalue weighted by molar-refractivity contribution is 5.71. The topological polar surface area (TPSA) is 78.9 Å². The van der Waals surface area contributed by atoms with Crippen LogP contribution in [-0.2, 0) is 28.6 Å². The molecule has 0 rings (SSSR count). The fourth-order valence-electron chi connectivity index (χ4n) is 12.0. The molecule has 83 heavy (non-hydrogen) atoms. The molecule has 0 bridgehead atoms. The van der Waals surface area contributed by atoms with E-state index in [0.717, 1.165) is 57.8 Å². The third-order valence-electron chi connectivity index (χ3n) is 17.8. The van der Waals surface area contributed by atoms with Crippen molar-refractivity contribution in [2.45, 2.75) is 451 Å². The third kappa shape index (κ3) is 70.8. The van der Waals surface area contributed by atoms with Gasteiger partial charge in [0.15, 0.2) is 6.10 Å². The van der Waals surface area contributed by atoms with Crippen molar-refractivity contribution in [3.63, 3.8) is 0 Å². The number of hydrogen-bond acceptors (Lipinski definition) is 6. The van der Waals surface area contributed by atoms with Crippen molar-refractivity contribution in [2.75, 3.05) is 13.2 Å². The molecule has 0 heterocycles. The molecule has 0 saturated heterocycles. The number of rotatable bonds is 72. The van der Waals surface area contributed by atoms with Crippen LogP contribution in [0, 0.1) is 0 Å². The Kier molecular flexibility index (Phi) is 71.0. The average molecular weight is 1170 g/mol. The number of carbonyl (C=O) groups is 3. The largest absolute Gasteiger partial charge is 0.462 e. The van der Waals surface area contributed by atoms with Gasteiger partial charge in [-0.15, -0.1) is 0 Å². The molecule has 0 aliphatic rings. The Morgan fingerprint density at radius 1 is 0.229 bits per heavy atom. The first kappa shape index (κ1) is 81.2. The minimum absolute atomic E-state index is 0.0639. The first-order valence-electron chi connectivity index (χ1n) is 38.2. The number of hydrogen-bond donors (Lipinski definition) is 0. The zero-order chi connectivity index (χ0) is 59.9. The van der Waals surface area contributed by atoms with E-state index >= 15 is 0 Å². The van der Waals surface area contributed by atoms with Crippen LogP contribution < -0.4 is 0 Å². The maximum Gasteiger partial charge on any atom is 0.306 e.